The number of benzene rings is 1. The zero-order chi connectivity index (χ0) is 24.5. The first-order chi connectivity index (χ1) is 16.1. The third-order valence-corrected chi connectivity index (χ3v) is 5.69. The van der Waals surface area contributed by atoms with Crippen LogP contribution in [0.1, 0.15) is 12.8 Å². The van der Waals surface area contributed by atoms with E-state index in [1.165, 1.54) is 30.5 Å². The van der Waals surface area contributed by atoms with Crippen molar-refractivity contribution in [3.05, 3.63) is 40.6 Å². The van der Waals surface area contributed by atoms with Gasteiger partial charge in [0.05, 0.1) is 6.61 Å². The lowest BCUT2D eigenvalue weighted by atomic mass is 9.90. The highest BCUT2D eigenvalue weighted by molar-refractivity contribution is 5.67. The minimum Gasteiger partial charge on any atom is -0.862 e. The Morgan fingerprint density at radius 1 is 1.26 bits per heavy atom. The highest BCUT2D eigenvalue weighted by Crippen LogP contribution is 2.32. The van der Waals surface area contributed by atoms with Crippen LogP contribution >= 0.6 is 0 Å². The van der Waals surface area contributed by atoms with Crippen LogP contribution < -0.4 is 19.3 Å². The molecule has 0 bridgehead atoms. The van der Waals surface area contributed by atoms with Crippen molar-refractivity contribution in [2.75, 3.05) is 19.7 Å². The van der Waals surface area contributed by atoms with Gasteiger partial charge >= 0.3 is 18.2 Å². The van der Waals surface area contributed by atoms with Crippen LogP contribution in [0.15, 0.2) is 30.5 Å². The van der Waals surface area contributed by atoms with E-state index in [9.17, 15) is 28.4 Å². The fourth-order valence-electron chi connectivity index (χ4n) is 4.16. The Hall–Kier alpha value is -3.55. The molecule has 1 aromatic heterocycles. The van der Waals surface area contributed by atoms with E-state index in [0.29, 0.717) is 31.8 Å². The van der Waals surface area contributed by atoms with Gasteiger partial charge in [0.1, 0.15) is 23.8 Å². The second-order valence-corrected chi connectivity index (χ2v) is 8.10. The van der Waals surface area contributed by atoms with Crippen molar-refractivity contribution in [1.29, 1.82) is 5.41 Å². The largest absolute Gasteiger partial charge is 0.862 e. The Morgan fingerprint density at radius 3 is 2.56 bits per heavy atom. The van der Waals surface area contributed by atoms with Crippen LogP contribution in [-0.4, -0.2) is 63.5 Å². The van der Waals surface area contributed by atoms with Crippen molar-refractivity contribution in [1.82, 2.24) is 14.5 Å². The monoisotopic (exact) mass is 484 g/mol. The number of nitrogens with zero attached hydrogens (tertiary/aromatic N) is 4. The van der Waals surface area contributed by atoms with Crippen LogP contribution in [0.2, 0.25) is 0 Å². The summed E-state index contributed by atoms with van der Waals surface area (Å²) in [4.78, 5) is 16.3. The molecule has 34 heavy (non-hydrogen) atoms. The summed E-state index contributed by atoms with van der Waals surface area (Å²) >= 11 is 0. The van der Waals surface area contributed by atoms with Crippen LogP contribution in [0.25, 0.3) is 0 Å². The molecule has 1 fully saturated rings. The number of nitrogens with one attached hydrogen (secondary N) is 1. The molecule has 1 N–H and O–H groups in total. The second-order valence-electron chi connectivity index (χ2n) is 8.10. The van der Waals surface area contributed by atoms with Gasteiger partial charge in [-0.1, -0.05) is 0 Å². The number of nitro groups is 1. The van der Waals surface area contributed by atoms with Crippen molar-refractivity contribution in [3.8, 4) is 17.5 Å². The number of hydrogen-bond acceptors (Lipinski definition) is 9. The zero-order valence-electron chi connectivity index (χ0n) is 17.7. The number of fused-ring (bicyclic) bond motifs is 1. The van der Waals surface area contributed by atoms with Gasteiger partial charge in [-0.2, -0.15) is 0 Å². The Balaban J connectivity index is 1.35. The number of aromatic nitrogens is 2. The summed E-state index contributed by atoms with van der Waals surface area (Å²) in [5, 5.41) is 29.5. The summed E-state index contributed by atoms with van der Waals surface area (Å²) in [7, 11) is 0. The first-order valence-electron chi connectivity index (χ1n) is 10.4. The molecule has 1 saturated heterocycles. The summed E-state index contributed by atoms with van der Waals surface area (Å²) < 4.78 is 53.7. The molecule has 2 aliphatic heterocycles. The Kier molecular flexibility index (Phi) is 6.50. The molecule has 11 nitrogen and oxygen atoms in total. The molecular formula is C20H21F3N5O6-. The molecular weight excluding hydrogens is 463 g/mol. The average Bonchev–Trinajstić information content (AvgIpc) is 3.15. The number of halogens is 3. The van der Waals surface area contributed by atoms with Gasteiger partial charge in [-0.3, -0.25) is 9.47 Å². The Labute approximate surface area is 191 Å². The van der Waals surface area contributed by atoms with Crippen molar-refractivity contribution in [2.45, 2.75) is 37.9 Å². The third kappa shape index (κ3) is 5.68. The summed E-state index contributed by atoms with van der Waals surface area (Å²) in [5.74, 6) is -1.03. The molecule has 0 saturated carbocycles. The first kappa shape index (κ1) is 23.6. The van der Waals surface area contributed by atoms with Crippen LogP contribution in [0.5, 0.6) is 17.5 Å². The zero-order valence-corrected chi connectivity index (χ0v) is 17.7. The summed E-state index contributed by atoms with van der Waals surface area (Å²) in [6.07, 6.45) is -3.20. The normalized spacial score (nSPS) is 19.4. The highest BCUT2D eigenvalue weighted by atomic mass is 19.4. The lowest BCUT2D eigenvalue weighted by molar-refractivity contribution is -0.389. The Bertz CT molecular complexity index is 1040. The topological polar surface area (TPSA) is 139 Å². The molecule has 2 atom stereocenters. The summed E-state index contributed by atoms with van der Waals surface area (Å²) in [6.45, 7) is 1.68. The van der Waals surface area contributed by atoms with Gasteiger partial charge in [-0.05, 0) is 47.9 Å². The van der Waals surface area contributed by atoms with Crippen LogP contribution in [0.4, 0.5) is 19.0 Å². The van der Waals surface area contributed by atoms with E-state index in [1.54, 1.807) is 4.57 Å². The minimum absolute atomic E-state index is 0.0563. The average molecular weight is 484 g/mol. The lowest BCUT2D eigenvalue weighted by Gasteiger charge is -2.47. The van der Waals surface area contributed by atoms with E-state index < -0.39 is 17.2 Å². The van der Waals surface area contributed by atoms with Crippen molar-refractivity contribution < 1.29 is 37.4 Å². The second kappa shape index (κ2) is 9.37. The third-order valence-electron chi connectivity index (χ3n) is 5.69. The number of hydrogen-bond donors (Lipinski definition) is 1. The van der Waals surface area contributed by atoms with E-state index in [1.807, 2.05) is 0 Å². The lowest BCUT2D eigenvalue weighted by Crippen LogP contribution is -2.60. The fourth-order valence-corrected chi connectivity index (χ4v) is 4.16. The van der Waals surface area contributed by atoms with Crippen LogP contribution in [0, 0.1) is 21.4 Å². The number of alkyl halides is 3. The first-order valence-corrected chi connectivity index (χ1v) is 10.4. The number of imidazole rings is 1. The molecule has 0 amide bonds. The maximum atomic E-state index is 12.3. The number of ether oxygens (including phenoxy) is 3. The molecule has 0 spiro atoms. The molecule has 1 unspecified atom stereocenters. The van der Waals surface area contributed by atoms with Crippen LogP contribution in [-0.2, 0) is 6.54 Å². The number of likely N-dealkylation sites (tertiary alicyclic amines) is 1. The van der Waals surface area contributed by atoms with Crippen LogP contribution in [0.3, 0.4) is 0 Å². The Morgan fingerprint density at radius 2 is 1.94 bits per heavy atom. The molecule has 4 rings (SSSR count). The van der Waals surface area contributed by atoms with Crippen molar-refractivity contribution in [2.24, 2.45) is 5.92 Å². The summed E-state index contributed by atoms with van der Waals surface area (Å²) in [5.41, 5.74) is 0. The quantitative estimate of drug-likeness (QED) is 0.247. The molecule has 0 radical (unpaired) electrons. The predicted molar refractivity (Wildman–Crippen MR) is 108 cm³/mol. The van der Waals surface area contributed by atoms with Gasteiger partial charge in [-0.25, -0.2) is 0 Å². The predicted octanol–water partition coefficient (Wildman–Crippen LogP) is 1.95. The smallest absolute Gasteiger partial charge is 0.573 e. The van der Waals surface area contributed by atoms with Gasteiger partial charge in [-0.15, -0.1) is 13.2 Å². The van der Waals surface area contributed by atoms with Crippen molar-refractivity contribution in [3.63, 3.8) is 0 Å². The van der Waals surface area contributed by atoms with Gasteiger partial charge in [0, 0.05) is 36.6 Å². The highest BCUT2D eigenvalue weighted by Gasteiger charge is 2.40. The van der Waals surface area contributed by atoms with Gasteiger partial charge in [0.2, 0.25) is 0 Å². The van der Waals surface area contributed by atoms with E-state index in [4.69, 9.17) is 14.9 Å². The van der Waals surface area contributed by atoms with E-state index in [0.717, 1.165) is 0 Å². The molecule has 2 aromatic rings. The SMILES string of the molecule is N=C([O-])CCC([C@H]1COc2nc([N+](=O)[O-])cn2C1)N1CC(Oc2ccc(OC(F)(F)F)cc2)C1. The molecule has 2 aliphatic rings. The maximum Gasteiger partial charge on any atom is 0.573 e. The minimum atomic E-state index is -4.77. The van der Waals surface area contributed by atoms with Gasteiger partial charge in [0.15, 0.2) is 0 Å². The standard InChI is InChI=1S/C20H22F3N5O6/c21-20(22,23)34-14-3-1-13(2-4-14)33-15-8-26(9-15)16(5-6-17(24)29)12-7-27-10-18(28(30)31)25-19(27)32-11-12/h1-4,10,12,15-16H,5-9,11H2,(H2,24,29)/p-1/t12-,16?/m1/s1. The van der Waals surface area contributed by atoms with Gasteiger partial charge < -0.3 is 34.8 Å². The van der Waals surface area contributed by atoms with Crippen molar-refractivity contribution >= 4 is 11.7 Å². The molecule has 0 aliphatic carbocycles. The van der Waals surface area contributed by atoms with E-state index >= 15 is 0 Å². The van der Waals surface area contributed by atoms with E-state index in [2.05, 4.69) is 14.6 Å². The fraction of sp³-hybridized carbons (Fsp3) is 0.500. The molecule has 184 valence electrons. The van der Waals surface area contributed by atoms with Gasteiger partial charge in [0.25, 0.3) is 0 Å². The summed E-state index contributed by atoms with van der Waals surface area (Å²) in [6, 6.07) is 5.16. The maximum absolute atomic E-state index is 12.3. The van der Waals surface area contributed by atoms with E-state index in [-0.39, 0.29) is 48.7 Å². The number of rotatable bonds is 9. The molecule has 3 heterocycles. The molecule has 1 aromatic carbocycles. The molecule has 14 heteroatoms.